The molecule has 0 amide bonds. The Balaban J connectivity index is 2.37. The lowest BCUT2D eigenvalue weighted by atomic mass is 10.3. The van der Waals surface area contributed by atoms with Crippen molar-refractivity contribution in [2.75, 3.05) is 19.3 Å². The van der Waals surface area contributed by atoms with Gasteiger partial charge in [-0.05, 0) is 24.1 Å². The van der Waals surface area contributed by atoms with Crippen molar-refractivity contribution >= 4 is 11.8 Å². The average Bonchev–Trinajstić information content (AvgIpc) is 1.90. The zero-order valence-electron chi connectivity index (χ0n) is 5.11. The molecule has 0 radical (unpaired) electrons. The quantitative estimate of drug-likeness (QED) is 0.571. The van der Waals surface area contributed by atoms with Gasteiger partial charge in [-0.1, -0.05) is 6.08 Å². The second kappa shape index (κ2) is 3.15. The summed E-state index contributed by atoms with van der Waals surface area (Å²) >= 11 is 1.84. The maximum atomic E-state index is 3.30. The summed E-state index contributed by atoms with van der Waals surface area (Å²) in [5, 5.41) is 3.30. The Hall–Kier alpha value is 0.0500. The molecule has 8 heavy (non-hydrogen) atoms. The monoisotopic (exact) mass is 129 g/mol. The number of hydrogen-bond donors (Lipinski definition) is 1. The lowest BCUT2D eigenvalue weighted by molar-refractivity contribution is 0.722. The van der Waals surface area contributed by atoms with Crippen molar-refractivity contribution in [1.29, 1.82) is 0 Å². The highest BCUT2D eigenvalue weighted by atomic mass is 32.2. The average molecular weight is 129 g/mol. The minimum absolute atomic E-state index is 1.08. The molecule has 0 aromatic rings. The molecule has 0 bridgehead atoms. The second-order valence-corrected chi connectivity index (χ2v) is 2.77. The molecule has 0 aromatic carbocycles. The van der Waals surface area contributed by atoms with Gasteiger partial charge in [-0.25, -0.2) is 0 Å². The van der Waals surface area contributed by atoms with Gasteiger partial charge >= 0.3 is 0 Å². The van der Waals surface area contributed by atoms with Crippen LogP contribution in [0.3, 0.4) is 0 Å². The highest BCUT2D eigenvalue weighted by Gasteiger charge is 1.98. The third kappa shape index (κ3) is 1.53. The minimum atomic E-state index is 1.08. The fraction of sp³-hybridized carbons (Fsp3) is 0.667. The van der Waals surface area contributed by atoms with E-state index in [-0.39, 0.29) is 0 Å². The fourth-order valence-electron chi connectivity index (χ4n) is 0.774. The topological polar surface area (TPSA) is 12.0 Å². The van der Waals surface area contributed by atoms with Crippen LogP contribution in [0.1, 0.15) is 6.42 Å². The Bertz CT molecular complexity index is 98.7. The van der Waals surface area contributed by atoms with Crippen LogP contribution >= 0.6 is 11.8 Å². The SMILES string of the molecule is CSC1=CCCNC1. The zero-order valence-corrected chi connectivity index (χ0v) is 5.92. The van der Waals surface area contributed by atoms with Gasteiger partial charge in [-0.2, -0.15) is 0 Å². The molecule has 0 aliphatic carbocycles. The third-order valence-corrected chi connectivity index (χ3v) is 2.09. The van der Waals surface area contributed by atoms with Crippen LogP contribution < -0.4 is 5.32 Å². The van der Waals surface area contributed by atoms with Crippen LogP contribution in [0.4, 0.5) is 0 Å². The highest BCUT2D eigenvalue weighted by molar-refractivity contribution is 8.02. The van der Waals surface area contributed by atoms with Crippen molar-refractivity contribution in [2.24, 2.45) is 0 Å². The molecule has 1 N–H and O–H groups in total. The summed E-state index contributed by atoms with van der Waals surface area (Å²) in [5.41, 5.74) is 0. The first-order chi connectivity index (χ1) is 3.93. The molecule has 1 nitrogen and oxygen atoms in total. The van der Waals surface area contributed by atoms with E-state index in [4.69, 9.17) is 0 Å². The molecular weight excluding hydrogens is 118 g/mol. The van der Waals surface area contributed by atoms with Gasteiger partial charge in [-0.15, -0.1) is 11.8 Å². The Labute approximate surface area is 54.5 Å². The molecule has 1 aliphatic heterocycles. The first-order valence-electron chi connectivity index (χ1n) is 2.87. The van der Waals surface area contributed by atoms with E-state index in [2.05, 4.69) is 17.6 Å². The summed E-state index contributed by atoms with van der Waals surface area (Å²) in [5.74, 6) is 0. The van der Waals surface area contributed by atoms with Gasteiger partial charge in [0.15, 0.2) is 0 Å². The van der Waals surface area contributed by atoms with Crippen molar-refractivity contribution in [2.45, 2.75) is 6.42 Å². The molecule has 46 valence electrons. The van der Waals surface area contributed by atoms with E-state index in [0.29, 0.717) is 0 Å². The first kappa shape index (κ1) is 6.17. The number of rotatable bonds is 1. The number of nitrogens with one attached hydrogen (secondary N) is 1. The Morgan fingerprint density at radius 2 is 2.62 bits per heavy atom. The summed E-state index contributed by atoms with van der Waals surface area (Å²) in [6, 6.07) is 0. The highest BCUT2D eigenvalue weighted by Crippen LogP contribution is 2.12. The second-order valence-electron chi connectivity index (χ2n) is 1.84. The Morgan fingerprint density at radius 3 is 3.00 bits per heavy atom. The molecular formula is C6H11NS. The van der Waals surface area contributed by atoms with E-state index < -0.39 is 0 Å². The van der Waals surface area contributed by atoms with E-state index in [9.17, 15) is 0 Å². The van der Waals surface area contributed by atoms with Gasteiger partial charge in [0.05, 0.1) is 0 Å². The van der Waals surface area contributed by atoms with E-state index in [0.717, 1.165) is 13.1 Å². The third-order valence-electron chi connectivity index (χ3n) is 1.25. The molecule has 2 heteroatoms. The van der Waals surface area contributed by atoms with Crippen LogP contribution in [0.15, 0.2) is 11.0 Å². The van der Waals surface area contributed by atoms with Gasteiger partial charge in [-0.3, -0.25) is 0 Å². The normalized spacial score (nSPS) is 20.4. The standard InChI is InChI=1S/C6H11NS/c1-8-6-3-2-4-7-5-6/h3,7H,2,4-5H2,1H3. The molecule has 1 aliphatic rings. The van der Waals surface area contributed by atoms with E-state index in [1.165, 1.54) is 11.3 Å². The molecule has 0 fully saturated rings. The van der Waals surface area contributed by atoms with Crippen LogP contribution in [-0.4, -0.2) is 19.3 Å². The van der Waals surface area contributed by atoms with Crippen molar-refractivity contribution in [1.82, 2.24) is 5.32 Å². The van der Waals surface area contributed by atoms with Crippen LogP contribution in [0.2, 0.25) is 0 Å². The number of hydrogen-bond acceptors (Lipinski definition) is 2. The Kier molecular flexibility index (Phi) is 2.43. The van der Waals surface area contributed by atoms with Gasteiger partial charge < -0.3 is 5.32 Å². The lowest BCUT2D eigenvalue weighted by Crippen LogP contribution is -2.20. The van der Waals surface area contributed by atoms with Gasteiger partial charge in [0.2, 0.25) is 0 Å². The van der Waals surface area contributed by atoms with Gasteiger partial charge in [0.1, 0.15) is 0 Å². The first-order valence-corrected chi connectivity index (χ1v) is 4.09. The van der Waals surface area contributed by atoms with E-state index in [1.807, 2.05) is 11.8 Å². The van der Waals surface area contributed by atoms with E-state index in [1.54, 1.807) is 0 Å². The summed E-state index contributed by atoms with van der Waals surface area (Å²) in [6.45, 7) is 2.24. The summed E-state index contributed by atoms with van der Waals surface area (Å²) in [7, 11) is 0. The summed E-state index contributed by atoms with van der Waals surface area (Å²) < 4.78 is 0. The Morgan fingerprint density at radius 1 is 1.75 bits per heavy atom. The largest absolute Gasteiger partial charge is 0.312 e. The van der Waals surface area contributed by atoms with Crippen molar-refractivity contribution < 1.29 is 0 Å². The van der Waals surface area contributed by atoms with Crippen LogP contribution in [0, 0.1) is 0 Å². The summed E-state index contributed by atoms with van der Waals surface area (Å²) in [4.78, 5) is 1.48. The predicted molar refractivity (Wildman–Crippen MR) is 39.1 cm³/mol. The van der Waals surface area contributed by atoms with Crippen molar-refractivity contribution in [3.63, 3.8) is 0 Å². The fourth-order valence-corrected chi connectivity index (χ4v) is 1.31. The molecule has 0 saturated heterocycles. The minimum Gasteiger partial charge on any atom is -0.312 e. The van der Waals surface area contributed by atoms with Gasteiger partial charge in [0.25, 0.3) is 0 Å². The van der Waals surface area contributed by atoms with Crippen LogP contribution in [0.5, 0.6) is 0 Å². The predicted octanol–water partition coefficient (Wildman–Crippen LogP) is 1.23. The molecule has 0 spiro atoms. The maximum absolute atomic E-state index is 3.30. The molecule has 0 aromatic heterocycles. The molecule has 0 saturated carbocycles. The van der Waals surface area contributed by atoms with Crippen LogP contribution in [-0.2, 0) is 0 Å². The smallest absolute Gasteiger partial charge is 0.0262 e. The zero-order chi connectivity index (χ0) is 5.82. The van der Waals surface area contributed by atoms with Gasteiger partial charge in [0, 0.05) is 6.54 Å². The molecule has 0 atom stereocenters. The van der Waals surface area contributed by atoms with Crippen molar-refractivity contribution in [3.8, 4) is 0 Å². The number of thioether (sulfide) groups is 1. The van der Waals surface area contributed by atoms with Crippen LogP contribution in [0.25, 0.3) is 0 Å². The molecule has 1 heterocycles. The van der Waals surface area contributed by atoms with Crippen molar-refractivity contribution in [3.05, 3.63) is 11.0 Å². The summed E-state index contributed by atoms with van der Waals surface area (Å²) in [6.07, 6.45) is 5.64. The lowest BCUT2D eigenvalue weighted by Gasteiger charge is -2.10. The molecule has 0 unspecified atom stereocenters. The van der Waals surface area contributed by atoms with E-state index >= 15 is 0 Å². The maximum Gasteiger partial charge on any atom is 0.0262 e. The molecule has 1 rings (SSSR count).